The maximum absolute atomic E-state index is 12.4. The molecule has 0 radical (unpaired) electrons. The number of likely N-dealkylation sites (N-methyl/N-ethyl adjacent to an activating group) is 1. The van der Waals surface area contributed by atoms with Crippen molar-refractivity contribution in [1.82, 2.24) is 4.90 Å². The molecule has 24 heavy (non-hydrogen) atoms. The third kappa shape index (κ3) is 3.79. The lowest BCUT2D eigenvalue weighted by Crippen LogP contribution is -2.44. The minimum Gasteiger partial charge on any atom is -0.369 e. The van der Waals surface area contributed by atoms with Crippen molar-refractivity contribution in [3.63, 3.8) is 0 Å². The average molecular weight is 343 g/mol. The second-order valence-corrected chi connectivity index (χ2v) is 7.59. The van der Waals surface area contributed by atoms with E-state index in [9.17, 15) is 4.79 Å². The number of nitrogens with zero attached hydrogens (tertiary/aromatic N) is 2. The molecular formula is C19H25N3OS. The Hall–Kier alpha value is -1.85. The molecule has 2 heterocycles. The summed E-state index contributed by atoms with van der Waals surface area (Å²) in [7, 11) is 2.16. The first-order chi connectivity index (χ1) is 11.6. The normalized spacial score (nSPS) is 15.5. The van der Waals surface area contributed by atoms with Crippen molar-refractivity contribution in [2.45, 2.75) is 20.3 Å². The summed E-state index contributed by atoms with van der Waals surface area (Å²) < 4.78 is 0. The predicted molar refractivity (Wildman–Crippen MR) is 103 cm³/mol. The summed E-state index contributed by atoms with van der Waals surface area (Å²) in [6.45, 7) is 8.48. The van der Waals surface area contributed by atoms with Gasteiger partial charge in [0.2, 0.25) is 0 Å². The Morgan fingerprint density at radius 1 is 1.17 bits per heavy atom. The molecule has 0 saturated carbocycles. The van der Waals surface area contributed by atoms with E-state index in [1.54, 1.807) is 11.3 Å². The van der Waals surface area contributed by atoms with Gasteiger partial charge in [-0.15, -0.1) is 11.3 Å². The summed E-state index contributed by atoms with van der Waals surface area (Å²) in [6, 6.07) is 10.2. The highest BCUT2D eigenvalue weighted by Gasteiger charge is 2.15. The van der Waals surface area contributed by atoms with E-state index >= 15 is 0 Å². The second-order valence-electron chi connectivity index (χ2n) is 6.34. The lowest BCUT2D eigenvalue weighted by molar-refractivity contribution is 0.103. The Labute approximate surface area is 148 Å². The quantitative estimate of drug-likeness (QED) is 0.921. The van der Waals surface area contributed by atoms with Gasteiger partial charge in [-0.25, -0.2) is 0 Å². The fourth-order valence-electron chi connectivity index (χ4n) is 3.00. The van der Waals surface area contributed by atoms with Gasteiger partial charge in [-0.1, -0.05) is 6.92 Å². The van der Waals surface area contributed by atoms with Crippen LogP contribution in [0.2, 0.25) is 0 Å². The molecule has 128 valence electrons. The number of hydrogen-bond acceptors (Lipinski definition) is 4. The van der Waals surface area contributed by atoms with Crippen LogP contribution in [0.25, 0.3) is 0 Å². The highest BCUT2D eigenvalue weighted by atomic mass is 32.1. The van der Waals surface area contributed by atoms with E-state index in [4.69, 9.17) is 0 Å². The molecule has 1 saturated heterocycles. The van der Waals surface area contributed by atoms with Gasteiger partial charge in [-0.3, -0.25) is 4.79 Å². The number of amides is 1. The lowest BCUT2D eigenvalue weighted by atomic mass is 10.2. The maximum Gasteiger partial charge on any atom is 0.265 e. The number of carbonyl (C=O) groups excluding carboxylic acids is 1. The Morgan fingerprint density at radius 2 is 1.83 bits per heavy atom. The Bertz CT molecular complexity index is 700. The maximum atomic E-state index is 12.4. The zero-order valence-electron chi connectivity index (χ0n) is 14.6. The summed E-state index contributed by atoms with van der Waals surface area (Å²) in [5.74, 6) is -0.0184. The topological polar surface area (TPSA) is 35.6 Å². The largest absolute Gasteiger partial charge is 0.369 e. The summed E-state index contributed by atoms with van der Waals surface area (Å²) in [5, 5.41) is 3.00. The summed E-state index contributed by atoms with van der Waals surface area (Å²) in [5.41, 5.74) is 3.33. The van der Waals surface area contributed by atoms with Crippen LogP contribution in [0.15, 0.2) is 30.3 Å². The number of aryl methyl sites for hydroxylation is 2. The first-order valence-electron chi connectivity index (χ1n) is 8.51. The van der Waals surface area contributed by atoms with Gasteiger partial charge < -0.3 is 15.1 Å². The van der Waals surface area contributed by atoms with Gasteiger partial charge >= 0.3 is 0 Å². The average Bonchev–Trinajstić information content (AvgIpc) is 2.97. The summed E-state index contributed by atoms with van der Waals surface area (Å²) in [6.07, 6.45) is 0.968. The van der Waals surface area contributed by atoms with E-state index in [-0.39, 0.29) is 5.91 Å². The van der Waals surface area contributed by atoms with Crippen LogP contribution in [0, 0.1) is 6.92 Å². The smallest absolute Gasteiger partial charge is 0.265 e. The minimum absolute atomic E-state index is 0.0184. The number of rotatable bonds is 4. The number of benzene rings is 1. The summed E-state index contributed by atoms with van der Waals surface area (Å²) >= 11 is 1.57. The predicted octanol–water partition coefficient (Wildman–Crippen LogP) is 3.62. The molecule has 2 aromatic rings. The Kier molecular flexibility index (Phi) is 5.21. The van der Waals surface area contributed by atoms with Crippen LogP contribution in [0.1, 0.15) is 27.0 Å². The highest BCUT2D eigenvalue weighted by molar-refractivity contribution is 7.14. The standard InChI is InChI=1S/C19H25N3OS/c1-4-15-13-18(24-14(15)2)19(23)20-16-5-7-17(8-6-16)22-11-9-21(3)10-12-22/h5-8,13H,4,9-12H2,1-3H3,(H,20,23). The van der Waals surface area contributed by atoms with Gasteiger partial charge in [-0.2, -0.15) is 0 Å². The number of anilines is 2. The van der Waals surface area contributed by atoms with Crippen LogP contribution in [0.5, 0.6) is 0 Å². The molecule has 1 aromatic heterocycles. The summed E-state index contributed by atoms with van der Waals surface area (Å²) in [4.78, 5) is 19.2. The van der Waals surface area contributed by atoms with Crippen molar-refractivity contribution in [1.29, 1.82) is 0 Å². The van der Waals surface area contributed by atoms with E-state index in [0.29, 0.717) is 0 Å². The Balaban J connectivity index is 1.64. The fraction of sp³-hybridized carbons (Fsp3) is 0.421. The monoisotopic (exact) mass is 343 g/mol. The third-order valence-electron chi connectivity index (χ3n) is 4.62. The molecule has 1 amide bonds. The van der Waals surface area contributed by atoms with E-state index in [1.165, 1.54) is 16.1 Å². The van der Waals surface area contributed by atoms with Crippen LogP contribution in [-0.4, -0.2) is 44.0 Å². The van der Waals surface area contributed by atoms with Crippen LogP contribution in [0.3, 0.4) is 0 Å². The lowest BCUT2D eigenvalue weighted by Gasteiger charge is -2.34. The van der Waals surface area contributed by atoms with E-state index in [1.807, 2.05) is 18.2 Å². The van der Waals surface area contributed by atoms with Gasteiger partial charge in [-0.05, 0) is 56.3 Å². The van der Waals surface area contributed by atoms with Gasteiger partial charge in [0.1, 0.15) is 0 Å². The molecule has 3 rings (SSSR count). The van der Waals surface area contributed by atoms with Crippen LogP contribution in [0.4, 0.5) is 11.4 Å². The minimum atomic E-state index is -0.0184. The van der Waals surface area contributed by atoms with Crippen molar-refractivity contribution in [3.05, 3.63) is 45.6 Å². The van der Waals surface area contributed by atoms with Gasteiger partial charge in [0.15, 0.2) is 0 Å². The molecule has 0 unspecified atom stereocenters. The molecule has 1 aromatic carbocycles. The number of nitrogens with one attached hydrogen (secondary N) is 1. The molecule has 1 aliphatic heterocycles. The zero-order chi connectivity index (χ0) is 17.1. The number of carbonyl (C=O) groups is 1. The fourth-order valence-corrected chi connectivity index (χ4v) is 4.00. The molecule has 1 N–H and O–H groups in total. The molecule has 0 atom stereocenters. The molecular weight excluding hydrogens is 318 g/mol. The first kappa shape index (κ1) is 17.0. The number of piperazine rings is 1. The molecule has 1 fully saturated rings. The highest BCUT2D eigenvalue weighted by Crippen LogP contribution is 2.24. The van der Waals surface area contributed by atoms with Gasteiger partial charge in [0.05, 0.1) is 4.88 Å². The second kappa shape index (κ2) is 7.36. The van der Waals surface area contributed by atoms with E-state index < -0.39 is 0 Å². The Morgan fingerprint density at radius 3 is 2.42 bits per heavy atom. The van der Waals surface area contributed by atoms with Crippen molar-refractivity contribution in [3.8, 4) is 0 Å². The van der Waals surface area contributed by atoms with Crippen molar-refractivity contribution >= 4 is 28.6 Å². The number of hydrogen-bond donors (Lipinski definition) is 1. The molecule has 1 aliphatic rings. The van der Waals surface area contributed by atoms with Gasteiger partial charge in [0, 0.05) is 42.4 Å². The molecule has 0 bridgehead atoms. The third-order valence-corrected chi connectivity index (χ3v) is 5.71. The number of thiophene rings is 1. The molecule has 5 heteroatoms. The first-order valence-corrected chi connectivity index (χ1v) is 9.32. The molecule has 0 spiro atoms. The van der Waals surface area contributed by atoms with Crippen LogP contribution in [-0.2, 0) is 6.42 Å². The zero-order valence-corrected chi connectivity index (χ0v) is 15.4. The van der Waals surface area contributed by atoms with Crippen LogP contribution >= 0.6 is 11.3 Å². The van der Waals surface area contributed by atoms with Gasteiger partial charge in [0.25, 0.3) is 5.91 Å². The molecule has 4 nitrogen and oxygen atoms in total. The molecule has 0 aliphatic carbocycles. The van der Waals surface area contributed by atoms with Crippen molar-refractivity contribution < 1.29 is 4.79 Å². The van der Waals surface area contributed by atoms with E-state index in [2.05, 4.69) is 48.1 Å². The van der Waals surface area contributed by atoms with E-state index in [0.717, 1.165) is 43.2 Å². The SMILES string of the molecule is CCc1cc(C(=O)Nc2ccc(N3CCN(C)CC3)cc2)sc1C. The van der Waals surface area contributed by atoms with Crippen LogP contribution < -0.4 is 10.2 Å². The van der Waals surface area contributed by atoms with Crippen molar-refractivity contribution in [2.75, 3.05) is 43.4 Å². The van der Waals surface area contributed by atoms with Crippen molar-refractivity contribution in [2.24, 2.45) is 0 Å².